The van der Waals surface area contributed by atoms with E-state index in [2.05, 4.69) is 53.5 Å². The number of carbonyl (C=O) groups excluding carboxylic acids is 1. The molecule has 0 unspecified atom stereocenters. The van der Waals surface area contributed by atoms with Crippen LogP contribution in [-0.4, -0.2) is 36.1 Å². The SMILES string of the molecule is COCCNC(=O)c1cc(Nc2c(C)cc(C)cc2C)nc(-c2ccccc2)n1. The van der Waals surface area contributed by atoms with Crippen molar-refractivity contribution in [3.63, 3.8) is 0 Å². The zero-order valence-corrected chi connectivity index (χ0v) is 17.2. The van der Waals surface area contributed by atoms with Crippen LogP contribution in [0.25, 0.3) is 11.4 Å². The van der Waals surface area contributed by atoms with Gasteiger partial charge >= 0.3 is 0 Å². The summed E-state index contributed by atoms with van der Waals surface area (Å²) in [5, 5.41) is 6.20. The summed E-state index contributed by atoms with van der Waals surface area (Å²) < 4.78 is 5.00. The second-order valence-electron chi connectivity index (χ2n) is 6.98. The molecule has 0 bridgehead atoms. The molecule has 0 fully saturated rings. The van der Waals surface area contributed by atoms with Crippen molar-refractivity contribution in [1.29, 1.82) is 0 Å². The van der Waals surface area contributed by atoms with Crippen LogP contribution in [0, 0.1) is 20.8 Å². The van der Waals surface area contributed by atoms with Crippen LogP contribution in [0.1, 0.15) is 27.2 Å². The van der Waals surface area contributed by atoms with E-state index in [1.165, 1.54) is 5.56 Å². The highest BCUT2D eigenvalue weighted by Gasteiger charge is 2.14. The third-order valence-electron chi connectivity index (χ3n) is 4.51. The minimum atomic E-state index is -0.262. The number of nitrogens with zero attached hydrogens (tertiary/aromatic N) is 2. The standard InChI is InChI=1S/C23H26N4O2/c1-15-12-16(2)21(17(3)13-15)26-20-14-19(23(28)24-10-11-29-4)25-22(27-20)18-8-6-5-7-9-18/h5-9,12-14H,10-11H2,1-4H3,(H,24,28)(H,25,26,27). The molecule has 0 radical (unpaired) electrons. The van der Waals surface area contributed by atoms with Crippen LogP contribution in [0.4, 0.5) is 11.5 Å². The summed E-state index contributed by atoms with van der Waals surface area (Å²) >= 11 is 0. The lowest BCUT2D eigenvalue weighted by Gasteiger charge is -2.15. The Labute approximate surface area is 171 Å². The Morgan fingerprint density at radius 2 is 1.69 bits per heavy atom. The number of hydrogen-bond donors (Lipinski definition) is 2. The molecule has 0 aliphatic rings. The molecule has 0 atom stereocenters. The normalized spacial score (nSPS) is 10.6. The maximum atomic E-state index is 12.6. The summed E-state index contributed by atoms with van der Waals surface area (Å²) in [5.41, 5.74) is 5.58. The average molecular weight is 390 g/mol. The van der Waals surface area contributed by atoms with Crippen LogP contribution in [-0.2, 0) is 4.74 Å². The fraction of sp³-hybridized carbons (Fsp3) is 0.261. The number of amides is 1. The molecule has 6 nitrogen and oxygen atoms in total. The van der Waals surface area contributed by atoms with Crippen molar-refractivity contribution in [3.05, 3.63) is 70.9 Å². The number of benzene rings is 2. The first-order valence-corrected chi connectivity index (χ1v) is 9.54. The van der Waals surface area contributed by atoms with E-state index >= 15 is 0 Å². The topological polar surface area (TPSA) is 76.1 Å². The molecule has 1 amide bonds. The molecule has 0 aliphatic heterocycles. The number of nitrogens with one attached hydrogen (secondary N) is 2. The van der Waals surface area contributed by atoms with Crippen molar-refractivity contribution in [3.8, 4) is 11.4 Å². The Morgan fingerprint density at radius 1 is 1.00 bits per heavy atom. The van der Waals surface area contributed by atoms with Crippen molar-refractivity contribution in [2.24, 2.45) is 0 Å². The predicted molar refractivity (Wildman–Crippen MR) is 116 cm³/mol. The van der Waals surface area contributed by atoms with Crippen LogP contribution < -0.4 is 10.6 Å². The monoisotopic (exact) mass is 390 g/mol. The second-order valence-corrected chi connectivity index (χ2v) is 6.98. The van der Waals surface area contributed by atoms with Crippen molar-refractivity contribution < 1.29 is 9.53 Å². The van der Waals surface area contributed by atoms with Gasteiger partial charge in [0.15, 0.2) is 5.82 Å². The number of ether oxygens (including phenoxy) is 1. The van der Waals surface area contributed by atoms with Gasteiger partial charge in [0, 0.05) is 31.0 Å². The quantitative estimate of drug-likeness (QED) is 0.592. The summed E-state index contributed by atoms with van der Waals surface area (Å²) in [6, 6.07) is 15.5. The number of carbonyl (C=O) groups is 1. The Bertz CT molecular complexity index is 980. The molecule has 150 valence electrons. The number of hydrogen-bond acceptors (Lipinski definition) is 5. The first-order valence-electron chi connectivity index (χ1n) is 9.54. The fourth-order valence-electron chi connectivity index (χ4n) is 3.21. The zero-order chi connectivity index (χ0) is 20.8. The summed E-state index contributed by atoms with van der Waals surface area (Å²) in [4.78, 5) is 21.7. The molecule has 0 saturated heterocycles. The highest BCUT2D eigenvalue weighted by atomic mass is 16.5. The first kappa shape index (κ1) is 20.5. The van der Waals surface area contributed by atoms with Gasteiger partial charge in [-0.05, 0) is 31.9 Å². The Kier molecular flexibility index (Phi) is 6.57. The molecule has 2 N–H and O–H groups in total. The van der Waals surface area contributed by atoms with Crippen molar-refractivity contribution in [2.75, 3.05) is 25.6 Å². The molecule has 3 aromatic rings. The van der Waals surface area contributed by atoms with E-state index in [0.717, 1.165) is 22.4 Å². The molecular formula is C23H26N4O2. The molecule has 0 aliphatic carbocycles. The van der Waals surface area contributed by atoms with E-state index < -0.39 is 0 Å². The molecule has 2 aromatic carbocycles. The van der Waals surface area contributed by atoms with Gasteiger partial charge in [0.1, 0.15) is 11.5 Å². The molecule has 6 heteroatoms. The van der Waals surface area contributed by atoms with Crippen molar-refractivity contribution in [1.82, 2.24) is 15.3 Å². The van der Waals surface area contributed by atoms with Gasteiger partial charge in [0.05, 0.1) is 6.61 Å². The van der Waals surface area contributed by atoms with Crippen LogP contribution >= 0.6 is 0 Å². The number of anilines is 2. The van der Waals surface area contributed by atoms with Crippen molar-refractivity contribution in [2.45, 2.75) is 20.8 Å². The van der Waals surface area contributed by atoms with E-state index in [1.807, 2.05) is 30.3 Å². The molecule has 1 aromatic heterocycles. The highest BCUT2D eigenvalue weighted by molar-refractivity contribution is 5.93. The van der Waals surface area contributed by atoms with Crippen LogP contribution in [0.15, 0.2) is 48.5 Å². The van der Waals surface area contributed by atoms with E-state index in [9.17, 15) is 4.79 Å². The van der Waals surface area contributed by atoms with Gasteiger partial charge in [-0.15, -0.1) is 0 Å². The van der Waals surface area contributed by atoms with Crippen molar-refractivity contribution >= 4 is 17.4 Å². The highest BCUT2D eigenvalue weighted by Crippen LogP contribution is 2.26. The maximum Gasteiger partial charge on any atom is 0.270 e. The van der Waals surface area contributed by atoms with E-state index in [1.54, 1.807) is 13.2 Å². The van der Waals surface area contributed by atoms with Gasteiger partial charge in [-0.1, -0.05) is 48.0 Å². The van der Waals surface area contributed by atoms with Crippen LogP contribution in [0.2, 0.25) is 0 Å². The third kappa shape index (κ3) is 5.18. The lowest BCUT2D eigenvalue weighted by atomic mass is 10.1. The fourth-order valence-corrected chi connectivity index (χ4v) is 3.21. The van der Waals surface area contributed by atoms with Gasteiger partial charge in [0.25, 0.3) is 5.91 Å². The number of methoxy groups -OCH3 is 1. The Balaban J connectivity index is 2.00. The van der Waals surface area contributed by atoms with Gasteiger partial charge in [-0.25, -0.2) is 9.97 Å². The molecule has 3 rings (SSSR count). The van der Waals surface area contributed by atoms with Gasteiger partial charge < -0.3 is 15.4 Å². The molecule has 0 saturated carbocycles. The zero-order valence-electron chi connectivity index (χ0n) is 17.2. The average Bonchev–Trinajstić information content (AvgIpc) is 2.71. The number of aryl methyl sites for hydroxylation is 3. The molecule has 29 heavy (non-hydrogen) atoms. The minimum Gasteiger partial charge on any atom is -0.383 e. The van der Waals surface area contributed by atoms with E-state index in [0.29, 0.717) is 30.5 Å². The summed E-state index contributed by atoms with van der Waals surface area (Å²) in [6.07, 6.45) is 0. The van der Waals surface area contributed by atoms with Crippen LogP contribution in [0.3, 0.4) is 0 Å². The summed E-state index contributed by atoms with van der Waals surface area (Å²) in [6.45, 7) is 7.04. The molecule has 0 spiro atoms. The van der Waals surface area contributed by atoms with Gasteiger partial charge in [-0.2, -0.15) is 0 Å². The third-order valence-corrected chi connectivity index (χ3v) is 4.51. The first-order chi connectivity index (χ1) is 14.0. The lowest BCUT2D eigenvalue weighted by Crippen LogP contribution is -2.28. The lowest BCUT2D eigenvalue weighted by molar-refractivity contribution is 0.0932. The minimum absolute atomic E-state index is 0.262. The number of rotatable bonds is 7. The van der Waals surface area contributed by atoms with Gasteiger partial charge in [-0.3, -0.25) is 4.79 Å². The predicted octanol–water partition coefficient (Wildman–Crippen LogP) is 4.19. The van der Waals surface area contributed by atoms with E-state index in [-0.39, 0.29) is 5.91 Å². The summed E-state index contributed by atoms with van der Waals surface area (Å²) in [7, 11) is 1.60. The van der Waals surface area contributed by atoms with Crippen LogP contribution in [0.5, 0.6) is 0 Å². The molecular weight excluding hydrogens is 364 g/mol. The van der Waals surface area contributed by atoms with Gasteiger partial charge in [0.2, 0.25) is 0 Å². The Hall–Kier alpha value is -3.25. The Morgan fingerprint density at radius 3 is 2.34 bits per heavy atom. The smallest absolute Gasteiger partial charge is 0.270 e. The van der Waals surface area contributed by atoms with E-state index in [4.69, 9.17) is 4.74 Å². The second kappa shape index (κ2) is 9.30. The number of aromatic nitrogens is 2. The summed E-state index contributed by atoms with van der Waals surface area (Å²) in [5.74, 6) is 0.808. The largest absolute Gasteiger partial charge is 0.383 e. The maximum absolute atomic E-state index is 12.6. The molecule has 1 heterocycles.